The normalized spacial score (nSPS) is 17.2. The van der Waals surface area contributed by atoms with E-state index in [2.05, 4.69) is 20.8 Å². The van der Waals surface area contributed by atoms with Crippen molar-refractivity contribution in [3.8, 4) is 0 Å². The van der Waals surface area contributed by atoms with Crippen molar-refractivity contribution in [3.05, 3.63) is 59.8 Å². The van der Waals surface area contributed by atoms with Crippen molar-refractivity contribution >= 4 is 28.7 Å². The molecular weight excluding hydrogens is 334 g/mol. The molecule has 1 atom stereocenters. The molecule has 0 saturated heterocycles. The number of furan rings is 1. The smallest absolute Gasteiger partial charge is 0.334 e. The largest absolute Gasteiger partial charge is 0.464 e. The van der Waals surface area contributed by atoms with Crippen LogP contribution in [-0.4, -0.2) is 27.2 Å². The van der Waals surface area contributed by atoms with Crippen molar-refractivity contribution in [2.24, 2.45) is 0 Å². The Bertz CT molecular complexity index is 1030. The van der Waals surface area contributed by atoms with Gasteiger partial charge < -0.3 is 15.1 Å². The monoisotopic (exact) mass is 351 g/mol. The Morgan fingerprint density at radius 1 is 1.27 bits per heavy atom. The molecule has 8 nitrogen and oxygen atoms in total. The molecule has 1 aliphatic heterocycles. The van der Waals surface area contributed by atoms with Crippen molar-refractivity contribution < 1.29 is 14.0 Å². The van der Waals surface area contributed by atoms with Crippen LogP contribution in [0.15, 0.2) is 52.7 Å². The Labute approximate surface area is 148 Å². The summed E-state index contributed by atoms with van der Waals surface area (Å²) in [5.41, 5.74) is 1.97. The highest BCUT2D eigenvalue weighted by Crippen LogP contribution is 2.25. The van der Waals surface area contributed by atoms with Gasteiger partial charge >= 0.3 is 12.1 Å². The van der Waals surface area contributed by atoms with E-state index in [4.69, 9.17) is 4.42 Å². The summed E-state index contributed by atoms with van der Waals surface area (Å²) in [7, 11) is 0. The van der Waals surface area contributed by atoms with Crippen LogP contribution < -0.4 is 10.6 Å². The number of nitrogens with zero attached hydrogens (tertiary/aromatic N) is 2. The number of aryl methyl sites for hydroxylation is 1. The molecule has 3 aromatic rings. The Morgan fingerprint density at radius 3 is 2.85 bits per heavy atom. The minimum absolute atomic E-state index is 0.400. The van der Waals surface area contributed by atoms with E-state index in [1.54, 1.807) is 37.4 Å². The summed E-state index contributed by atoms with van der Waals surface area (Å²) in [5.74, 6) is 1.38. The SMILES string of the molecule is CC1=CC(c2ccc(C)o2)NC(=O)N1C(=O)Nc1ccc2[nH]ncc2c1. The average molecular weight is 351 g/mol. The van der Waals surface area contributed by atoms with Gasteiger partial charge in [-0.2, -0.15) is 5.10 Å². The molecule has 8 heteroatoms. The highest BCUT2D eigenvalue weighted by molar-refractivity contribution is 6.03. The van der Waals surface area contributed by atoms with Crippen molar-refractivity contribution in [2.75, 3.05) is 5.32 Å². The van der Waals surface area contributed by atoms with Gasteiger partial charge in [-0.3, -0.25) is 5.10 Å². The maximum atomic E-state index is 12.6. The molecule has 0 bridgehead atoms. The van der Waals surface area contributed by atoms with Gasteiger partial charge in [0.05, 0.1) is 11.7 Å². The van der Waals surface area contributed by atoms with E-state index >= 15 is 0 Å². The number of aromatic amines is 1. The van der Waals surface area contributed by atoms with Crippen molar-refractivity contribution in [3.63, 3.8) is 0 Å². The van der Waals surface area contributed by atoms with Crippen molar-refractivity contribution in [1.29, 1.82) is 0 Å². The first-order valence-corrected chi connectivity index (χ1v) is 8.11. The molecule has 0 spiro atoms. The highest BCUT2D eigenvalue weighted by atomic mass is 16.3. The van der Waals surface area contributed by atoms with Crippen LogP contribution in [0.1, 0.15) is 24.5 Å². The van der Waals surface area contributed by atoms with Crippen LogP contribution in [0.25, 0.3) is 10.9 Å². The molecule has 0 radical (unpaired) electrons. The fourth-order valence-corrected chi connectivity index (χ4v) is 2.94. The molecule has 1 aliphatic rings. The minimum atomic E-state index is -0.534. The third-order valence-corrected chi connectivity index (χ3v) is 4.20. The first kappa shape index (κ1) is 15.9. The number of hydrogen-bond donors (Lipinski definition) is 3. The predicted octanol–water partition coefficient (Wildman–Crippen LogP) is 3.67. The third kappa shape index (κ3) is 2.81. The quantitative estimate of drug-likeness (QED) is 0.655. The van der Waals surface area contributed by atoms with Crippen molar-refractivity contribution in [1.82, 2.24) is 20.4 Å². The van der Waals surface area contributed by atoms with Gasteiger partial charge in [-0.05, 0) is 50.3 Å². The second-order valence-corrected chi connectivity index (χ2v) is 6.12. The summed E-state index contributed by atoms with van der Waals surface area (Å²) >= 11 is 0. The van der Waals surface area contributed by atoms with Crippen LogP contribution in [0.2, 0.25) is 0 Å². The zero-order chi connectivity index (χ0) is 18.3. The second-order valence-electron chi connectivity index (χ2n) is 6.12. The molecule has 4 rings (SSSR count). The second kappa shape index (κ2) is 6.07. The van der Waals surface area contributed by atoms with E-state index in [-0.39, 0.29) is 0 Å². The van der Waals surface area contributed by atoms with E-state index in [1.807, 2.05) is 19.1 Å². The number of hydrogen-bond acceptors (Lipinski definition) is 4. The molecule has 0 saturated carbocycles. The lowest BCUT2D eigenvalue weighted by Gasteiger charge is -2.29. The topological polar surface area (TPSA) is 103 Å². The number of aromatic nitrogens is 2. The number of carbonyl (C=O) groups is 2. The molecule has 4 amide bonds. The molecule has 3 heterocycles. The number of allylic oxidation sites excluding steroid dienone is 1. The van der Waals surface area contributed by atoms with Gasteiger partial charge in [-0.25, -0.2) is 14.5 Å². The summed E-state index contributed by atoms with van der Waals surface area (Å²) in [6.45, 7) is 3.54. The maximum Gasteiger partial charge on any atom is 0.334 e. The number of imide groups is 1. The Hall–Kier alpha value is -3.55. The van der Waals surface area contributed by atoms with E-state index in [1.165, 1.54) is 0 Å². The van der Waals surface area contributed by atoms with E-state index in [9.17, 15) is 9.59 Å². The molecule has 1 unspecified atom stereocenters. The number of benzene rings is 1. The fraction of sp³-hybridized carbons (Fsp3) is 0.167. The van der Waals surface area contributed by atoms with Crippen LogP contribution in [0.5, 0.6) is 0 Å². The Balaban J connectivity index is 1.54. The van der Waals surface area contributed by atoms with Crippen LogP contribution in [-0.2, 0) is 0 Å². The molecule has 132 valence electrons. The third-order valence-electron chi connectivity index (χ3n) is 4.20. The maximum absolute atomic E-state index is 12.6. The van der Waals surface area contributed by atoms with Gasteiger partial charge in [-0.1, -0.05) is 0 Å². The molecule has 2 aromatic heterocycles. The first-order valence-electron chi connectivity index (χ1n) is 8.11. The zero-order valence-electron chi connectivity index (χ0n) is 14.2. The molecule has 0 fully saturated rings. The Morgan fingerprint density at radius 2 is 2.12 bits per heavy atom. The van der Waals surface area contributed by atoms with Crippen LogP contribution in [0, 0.1) is 6.92 Å². The van der Waals surface area contributed by atoms with E-state index < -0.39 is 18.1 Å². The zero-order valence-corrected chi connectivity index (χ0v) is 14.2. The number of anilines is 1. The number of H-pyrrole nitrogens is 1. The Kier molecular flexibility index (Phi) is 3.72. The average Bonchev–Trinajstić information content (AvgIpc) is 3.22. The summed E-state index contributed by atoms with van der Waals surface area (Å²) < 4.78 is 5.56. The highest BCUT2D eigenvalue weighted by Gasteiger charge is 2.31. The molecule has 1 aromatic carbocycles. The lowest BCUT2D eigenvalue weighted by atomic mass is 10.1. The first-order chi connectivity index (χ1) is 12.5. The number of amides is 4. The summed E-state index contributed by atoms with van der Waals surface area (Å²) in [6, 6.07) is 7.53. The summed E-state index contributed by atoms with van der Waals surface area (Å²) in [5, 5.41) is 13.1. The van der Waals surface area contributed by atoms with Gasteiger partial charge in [0.25, 0.3) is 0 Å². The van der Waals surface area contributed by atoms with Gasteiger partial charge in [0, 0.05) is 16.8 Å². The van der Waals surface area contributed by atoms with Gasteiger partial charge in [-0.15, -0.1) is 0 Å². The van der Waals surface area contributed by atoms with Gasteiger partial charge in [0.1, 0.15) is 17.6 Å². The minimum Gasteiger partial charge on any atom is -0.464 e. The van der Waals surface area contributed by atoms with Crippen LogP contribution >= 0.6 is 0 Å². The number of fused-ring (bicyclic) bond motifs is 1. The number of rotatable bonds is 2. The molecular formula is C18H17N5O3. The lowest BCUT2D eigenvalue weighted by Crippen LogP contribution is -2.48. The number of carbonyl (C=O) groups excluding carboxylic acids is 2. The predicted molar refractivity (Wildman–Crippen MR) is 95.4 cm³/mol. The van der Waals surface area contributed by atoms with E-state index in [0.29, 0.717) is 17.1 Å². The van der Waals surface area contributed by atoms with Crippen LogP contribution in [0.4, 0.5) is 15.3 Å². The fourth-order valence-electron chi connectivity index (χ4n) is 2.94. The molecule has 3 N–H and O–H groups in total. The van der Waals surface area contributed by atoms with E-state index in [0.717, 1.165) is 21.6 Å². The number of urea groups is 2. The lowest BCUT2D eigenvalue weighted by molar-refractivity contribution is 0.197. The molecule has 26 heavy (non-hydrogen) atoms. The number of nitrogens with one attached hydrogen (secondary N) is 3. The summed E-state index contributed by atoms with van der Waals surface area (Å²) in [4.78, 5) is 26.1. The standard InChI is InChI=1S/C18H17N5O3/c1-10-7-15(16-6-3-11(2)26-16)21-18(25)23(10)17(24)20-13-4-5-14-12(8-13)9-19-22-14/h3-9,15H,1-2H3,(H,19,22)(H,20,24)(H,21,25). The van der Waals surface area contributed by atoms with Crippen LogP contribution in [0.3, 0.4) is 0 Å². The van der Waals surface area contributed by atoms with Gasteiger partial charge in [0.15, 0.2) is 0 Å². The summed E-state index contributed by atoms with van der Waals surface area (Å²) in [6.07, 6.45) is 3.44. The van der Waals surface area contributed by atoms with Gasteiger partial charge in [0.2, 0.25) is 0 Å². The molecule has 0 aliphatic carbocycles. The van der Waals surface area contributed by atoms with Crippen molar-refractivity contribution in [2.45, 2.75) is 19.9 Å².